The summed E-state index contributed by atoms with van der Waals surface area (Å²) in [7, 11) is 0. The molecule has 1 heteroatoms. The van der Waals surface area contributed by atoms with Gasteiger partial charge in [-0.15, -0.1) is 23.7 Å². The minimum absolute atomic E-state index is 0.583. The summed E-state index contributed by atoms with van der Waals surface area (Å²) in [5.74, 6) is 3.30. The summed E-state index contributed by atoms with van der Waals surface area (Å²) < 4.78 is 0. The number of rotatable bonds is 3. The lowest BCUT2D eigenvalue weighted by molar-refractivity contribution is 0.698. The van der Waals surface area contributed by atoms with Crippen LogP contribution < -0.4 is 0 Å². The van der Waals surface area contributed by atoms with Crippen LogP contribution in [0, 0.1) is 12.3 Å². The van der Waals surface area contributed by atoms with Crippen molar-refractivity contribution in [2.24, 2.45) is 0 Å². The van der Waals surface area contributed by atoms with Gasteiger partial charge in [-0.05, 0) is 17.9 Å². The topological polar surface area (TPSA) is 0 Å². The SMILES string of the molecule is C#CCC(CC)c1cccs1. The van der Waals surface area contributed by atoms with Gasteiger partial charge in [0.15, 0.2) is 0 Å². The monoisotopic (exact) mass is 164 g/mol. The summed E-state index contributed by atoms with van der Waals surface area (Å²) in [5.41, 5.74) is 0. The number of hydrogen-bond donors (Lipinski definition) is 0. The van der Waals surface area contributed by atoms with Crippen molar-refractivity contribution in [2.75, 3.05) is 0 Å². The molecule has 0 aliphatic rings. The van der Waals surface area contributed by atoms with Gasteiger partial charge < -0.3 is 0 Å². The van der Waals surface area contributed by atoms with E-state index in [0.717, 1.165) is 12.8 Å². The molecule has 58 valence electrons. The lowest BCUT2D eigenvalue weighted by Gasteiger charge is -2.07. The fourth-order valence-electron chi connectivity index (χ4n) is 1.11. The second-order valence-electron chi connectivity index (χ2n) is 2.53. The minimum atomic E-state index is 0.583. The van der Waals surface area contributed by atoms with E-state index in [4.69, 9.17) is 6.42 Å². The van der Waals surface area contributed by atoms with Crippen LogP contribution in [0.2, 0.25) is 0 Å². The highest BCUT2D eigenvalue weighted by atomic mass is 32.1. The van der Waals surface area contributed by atoms with Gasteiger partial charge in [0.25, 0.3) is 0 Å². The van der Waals surface area contributed by atoms with Gasteiger partial charge in [0.05, 0.1) is 0 Å². The molecular weight excluding hydrogens is 152 g/mol. The molecular formula is C10H12S. The van der Waals surface area contributed by atoms with Gasteiger partial charge in [0.1, 0.15) is 0 Å². The Morgan fingerprint density at radius 1 is 1.73 bits per heavy atom. The molecule has 0 N–H and O–H groups in total. The molecule has 1 atom stereocenters. The summed E-state index contributed by atoms with van der Waals surface area (Å²) in [6.45, 7) is 2.18. The largest absolute Gasteiger partial charge is 0.149 e. The van der Waals surface area contributed by atoms with E-state index < -0.39 is 0 Å². The fraction of sp³-hybridized carbons (Fsp3) is 0.400. The van der Waals surface area contributed by atoms with Crippen LogP contribution in [-0.2, 0) is 0 Å². The molecule has 1 rings (SSSR count). The van der Waals surface area contributed by atoms with Crippen molar-refractivity contribution in [3.63, 3.8) is 0 Å². The number of thiophene rings is 1. The molecule has 11 heavy (non-hydrogen) atoms. The Kier molecular flexibility index (Phi) is 3.19. The maximum atomic E-state index is 5.27. The van der Waals surface area contributed by atoms with Gasteiger partial charge in [-0.3, -0.25) is 0 Å². The standard InChI is InChI=1S/C10H12S/c1-3-6-9(4-2)10-7-5-8-11-10/h1,5,7-9H,4,6H2,2H3. The first kappa shape index (κ1) is 8.36. The van der Waals surface area contributed by atoms with Crippen molar-refractivity contribution in [1.29, 1.82) is 0 Å². The van der Waals surface area contributed by atoms with Crippen LogP contribution >= 0.6 is 11.3 Å². The van der Waals surface area contributed by atoms with E-state index in [9.17, 15) is 0 Å². The number of hydrogen-bond acceptors (Lipinski definition) is 1. The summed E-state index contributed by atoms with van der Waals surface area (Å²) >= 11 is 1.80. The Morgan fingerprint density at radius 3 is 3.00 bits per heavy atom. The Labute approximate surface area is 72.3 Å². The molecule has 0 bridgehead atoms. The average Bonchev–Trinajstić information content (AvgIpc) is 2.52. The van der Waals surface area contributed by atoms with Crippen LogP contribution in [0.4, 0.5) is 0 Å². The van der Waals surface area contributed by atoms with Crippen LogP contribution in [-0.4, -0.2) is 0 Å². The summed E-state index contributed by atoms with van der Waals surface area (Å²) in [5, 5.41) is 2.11. The van der Waals surface area contributed by atoms with Crippen LogP contribution in [0.1, 0.15) is 30.6 Å². The van der Waals surface area contributed by atoms with Crippen LogP contribution in [0.5, 0.6) is 0 Å². The van der Waals surface area contributed by atoms with Crippen molar-refractivity contribution < 1.29 is 0 Å². The van der Waals surface area contributed by atoms with Crippen molar-refractivity contribution in [3.05, 3.63) is 22.4 Å². The highest BCUT2D eigenvalue weighted by molar-refractivity contribution is 7.10. The molecule has 0 nitrogen and oxygen atoms in total. The third-order valence-corrected chi connectivity index (χ3v) is 2.84. The fourth-order valence-corrected chi connectivity index (χ4v) is 2.03. The predicted octanol–water partition coefficient (Wildman–Crippen LogP) is 3.27. The molecule has 0 radical (unpaired) electrons. The molecule has 0 saturated carbocycles. The summed E-state index contributed by atoms with van der Waals surface area (Å²) in [6, 6.07) is 4.25. The van der Waals surface area contributed by atoms with E-state index in [1.54, 1.807) is 11.3 Å². The molecule has 0 aromatic carbocycles. The van der Waals surface area contributed by atoms with Gasteiger partial charge in [-0.1, -0.05) is 13.0 Å². The van der Waals surface area contributed by atoms with Crippen LogP contribution in [0.3, 0.4) is 0 Å². The van der Waals surface area contributed by atoms with E-state index in [-0.39, 0.29) is 0 Å². The molecule has 0 aliphatic carbocycles. The highest BCUT2D eigenvalue weighted by Crippen LogP contribution is 2.26. The van der Waals surface area contributed by atoms with E-state index in [1.165, 1.54) is 4.88 Å². The molecule has 1 heterocycles. The second kappa shape index (κ2) is 4.20. The quantitative estimate of drug-likeness (QED) is 0.601. The smallest absolute Gasteiger partial charge is 0.0163 e. The molecule has 0 aliphatic heterocycles. The van der Waals surface area contributed by atoms with Gasteiger partial charge in [0.2, 0.25) is 0 Å². The van der Waals surface area contributed by atoms with Gasteiger partial charge in [-0.25, -0.2) is 0 Å². The van der Waals surface area contributed by atoms with Crippen LogP contribution in [0.25, 0.3) is 0 Å². The Hall–Kier alpha value is -0.740. The first-order valence-electron chi connectivity index (χ1n) is 3.85. The van der Waals surface area contributed by atoms with Gasteiger partial charge in [-0.2, -0.15) is 0 Å². The van der Waals surface area contributed by atoms with Crippen molar-refractivity contribution in [1.82, 2.24) is 0 Å². The van der Waals surface area contributed by atoms with Gasteiger partial charge >= 0.3 is 0 Å². The molecule has 0 amide bonds. The third kappa shape index (κ3) is 2.10. The normalized spacial score (nSPS) is 12.4. The lowest BCUT2D eigenvalue weighted by atomic mass is 10.0. The molecule has 0 saturated heterocycles. The minimum Gasteiger partial charge on any atom is -0.149 e. The highest BCUT2D eigenvalue weighted by Gasteiger charge is 2.07. The Bertz CT molecular complexity index is 228. The van der Waals surface area contributed by atoms with Crippen molar-refractivity contribution in [2.45, 2.75) is 25.7 Å². The maximum Gasteiger partial charge on any atom is 0.0163 e. The molecule has 1 aromatic heterocycles. The Balaban J connectivity index is 2.65. The number of terminal acetylenes is 1. The average molecular weight is 164 g/mol. The van der Waals surface area contributed by atoms with E-state index in [0.29, 0.717) is 5.92 Å². The second-order valence-corrected chi connectivity index (χ2v) is 3.51. The van der Waals surface area contributed by atoms with Crippen molar-refractivity contribution in [3.8, 4) is 12.3 Å². The first-order valence-corrected chi connectivity index (χ1v) is 4.73. The van der Waals surface area contributed by atoms with E-state index in [2.05, 4.69) is 30.4 Å². The molecule has 1 aromatic rings. The molecule has 1 unspecified atom stereocenters. The third-order valence-electron chi connectivity index (χ3n) is 1.80. The van der Waals surface area contributed by atoms with Gasteiger partial charge in [0, 0.05) is 17.2 Å². The zero-order valence-corrected chi connectivity index (χ0v) is 7.53. The molecule has 0 fully saturated rings. The zero-order chi connectivity index (χ0) is 8.10. The lowest BCUT2D eigenvalue weighted by Crippen LogP contribution is -1.91. The Morgan fingerprint density at radius 2 is 2.55 bits per heavy atom. The first-order chi connectivity index (χ1) is 5.38. The maximum absolute atomic E-state index is 5.27. The van der Waals surface area contributed by atoms with E-state index in [1.807, 2.05) is 0 Å². The summed E-state index contributed by atoms with van der Waals surface area (Å²) in [6.07, 6.45) is 7.28. The van der Waals surface area contributed by atoms with Crippen LogP contribution in [0.15, 0.2) is 17.5 Å². The predicted molar refractivity (Wildman–Crippen MR) is 50.8 cm³/mol. The zero-order valence-electron chi connectivity index (χ0n) is 6.71. The molecule has 0 spiro atoms. The summed E-state index contributed by atoms with van der Waals surface area (Å²) in [4.78, 5) is 1.42. The van der Waals surface area contributed by atoms with Crippen molar-refractivity contribution >= 4 is 11.3 Å². The van der Waals surface area contributed by atoms with E-state index >= 15 is 0 Å².